The van der Waals surface area contributed by atoms with Crippen molar-refractivity contribution in [3.8, 4) is 0 Å². The Labute approximate surface area is 88.5 Å². The second kappa shape index (κ2) is 9.20. The Balaban J connectivity index is 0.000000292. The van der Waals surface area contributed by atoms with Gasteiger partial charge in [0.15, 0.2) is 0 Å². The fraction of sp³-hybridized carbons (Fsp3) is 0.917. The van der Waals surface area contributed by atoms with Crippen molar-refractivity contribution in [3.63, 3.8) is 0 Å². The largest absolute Gasteiger partial charge is 0.316 e. The maximum Gasteiger partial charge on any atom is 0.122 e. The van der Waals surface area contributed by atoms with Crippen LogP contribution in [0.25, 0.3) is 0 Å². The first-order valence-electron chi connectivity index (χ1n) is 5.86. The lowest BCUT2D eigenvalue weighted by atomic mass is 10.0. The molecule has 84 valence electrons. The minimum absolute atomic E-state index is 0.204. The van der Waals surface area contributed by atoms with Crippen LogP contribution >= 0.6 is 0 Å². The van der Waals surface area contributed by atoms with Crippen LogP contribution in [-0.2, 0) is 4.79 Å². The van der Waals surface area contributed by atoms with Crippen molar-refractivity contribution < 1.29 is 4.79 Å². The van der Waals surface area contributed by atoms with Gasteiger partial charge in [0.05, 0.1) is 0 Å². The summed E-state index contributed by atoms with van der Waals surface area (Å²) in [6.45, 7) is 8.50. The van der Waals surface area contributed by atoms with Crippen LogP contribution in [0.1, 0.15) is 46.5 Å². The number of hydrogen-bond acceptors (Lipinski definition) is 2. The number of aldehydes is 1. The summed E-state index contributed by atoms with van der Waals surface area (Å²) in [7, 11) is 0. The molecular formula is C12H25NO. The highest BCUT2D eigenvalue weighted by Crippen LogP contribution is 2.13. The van der Waals surface area contributed by atoms with Gasteiger partial charge in [-0.3, -0.25) is 0 Å². The number of nitrogens with one attached hydrogen (secondary N) is 1. The Morgan fingerprint density at radius 3 is 2.57 bits per heavy atom. The van der Waals surface area contributed by atoms with Gasteiger partial charge in [-0.2, -0.15) is 0 Å². The lowest BCUT2D eigenvalue weighted by molar-refractivity contribution is -0.110. The van der Waals surface area contributed by atoms with E-state index in [1.165, 1.54) is 38.8 Å². The van der Waals surface area contributed by atoms with E-state index in [4.69, 9.17) is 0 Å². The van der Waals surface area contributed by atoms with Crippen molar-refractivity contribution in [2.75, 3.05) is 13.1 Å². The van der Waals surface area contributed by atoms with Crippen molar-refractivity contribution in [1.29, 1.82) is 0 Å². The van der Waals surface area contributed by atoms with Crippen molar-refractivity contribution >= 4 is 6.29 Å². The Morgan fingerprint density at radius 2 is 2.07 bits per heavy atom. The first kappa shape index (κ1) is 13.6. The summed E-state index contributed by atoms with van der Waals surface area (Å²) in [5.74, 6) is 1.17. The van der Waals surface area contributed by atoms with E-state index in [0.717, 1.165) is 12.2 Å². The van der Waals surface area contributed by atoms with E-state index in [1.54, 1.807) is 0 Å². The highest BCUT2D eigenvalue weighted by Gasteiger charge is 2.07. The molecule has 1 saturated heterocycles. The maximum atomic E-state index is 9.50. The minimum atomic E-state index is 0.204. The predicted octanol–water partition coefficient (Wildman–Crippen LogP) is 2.63. The quantitative estimate of drug-likeness (QED) is 0.693. The van der Waals surface area contributed by atoms with Gasteiger partial charge in [-0.05, 0) is 31.8 Å². The second-order valence-corrected chi connectivity index (χ2v) is 4.35. The van der Waals surface area contributed by atoms with Crippen LogP contribution in [0, 0.1) is 11.8 Å². The third-order valence-corrected chi connectivity index (χ3v) is 2.50. The van der Waals surface area contributed by atoms with Gasteiger partial charge in [-0.1, -0.05) is 33.6 Å². The SMILES string of the molecule is CC(C)C=O.CCC1CCCCNC1. The molecule has 1 rings (SSSR count). The van der Waals surface area contributed by atoms with Gasteiger partial charge in [0, 0.05) is 5.92 Å². The maximum absolute atomic E-state index is 9.50. The third-order valence-electron chi connectivity index (χ3n) is 2.50. The summed E-state index contributed by atoms with van der Waals surface area (Å²) in [5, 5.41) is 3.45. The van der Waals surface area contributed by atoms with E-state index in [2.05, 4.69) is 12.2 Å². The predicted molar refractivity (Wildman–Crippen MR) is 61.4 cm³/mol. The zero-order valence-electron chi connectivity index (χ0n) is 9.88. The van der Waals surface area contributed by atoms with Crippen LogP contribution < -0.4 is 5.32 Å². The number of hydrogen-bond donors (Lipinski definition) is 1. The molecule has 1 aliphatic heterocycles. The van der Waals surface area contributed by atoms with Crippen molar-refractivity contribution in [3.05, 3.63) is 0 Å². The van der Waals surface area contributed by atoms with E-state index in [9.17, 15) is 4.79 Å². The average molecular weight is 199 g/mol. The molecule has 2 nitrogen and oxygen atoms in total. The first-order chi connectivity index (χ1) is 6.70. The van der Waals surface area contributed by atoms with Gasteiger partial charge in [-0.15, -0.1) is 0 Å². The Bertz CT molecular complexity index is 126. The van der Waals surface area contributed by atoms with Crippen LogP contribution in [-0.4, -0.2) is 19.4 Å². The van der Waals surface area contributed by atoms with Gasteiger partial charge in [0.1, 0.15) is 6.29 Å². The molecule has 0 aliphatic carbocycles. The monoisotopic (exact) mass is 199 g/mol. The Hall–Kier alpha value is -0.370. The van der Waals surface area contributed by atoms with Crippen molar-refractivity contribution in [2.24, 2.45) is 11.8 Å². The summed E-state index contributed by atoms with van der Waals surface area (Å²) in [6, 6.07) is 0. The molecule has 14 heavy (non-hydrogen) atoms. The van der Waals surface area contributed by atoms with E-state index >= 15 is 0 Å². The molecule has 1 fully saturated rings. The molecule has 1 aliphatic rings. The highest BCUT2D eigenvalue weighted by atomic mass is 16.1. The van der Waals surface area contributed by atoms with Gasteiger partial charge >= 0.3 is 0 Å². The summed E-state index contributed by atoms with van der Waals surface area (Å²) < 4.78 is 0. The zero-order chi connectivity index (χ0) is 10.8. The third kappa shape index (κ3) is 8.24. The zero-order valence-corrected chi connectivity index (χ0v) is 9.88. The molecule has 2 heteroatoms. The topological polar surface area (TPSA) is 29.1 Å². The molecule has 0 aromatic carbocycles. The average Bonchev–Trinajstić information content (AvgIpc) is 2.46. The lowest BCUT2D eigenvalue weighted by Crippen LogP contribution is -2.19. The van der Waals surface area contributed by atoms with Gasteiger partial charge in [0.2, 0.25) is 0 Å². The summed E-state index contributed by atoms with van der Waals surface area (Å²) in [4.78, 5) is 9.50. The molecule has 0 spiro atoms. The standard InChI is InChI=1S/C8H17N.C4H8O/c1-2-8-5-3-4-6-9-7-8;1-4(2)3-5/h8-9H,2-7H2,1H3;3-4H,1-2H3. The van der Waals surface area contributed by atoms with Crippen molar-refractivity contribution in [1.82, 2.24) is 5.32 Å². The molecule has 0 bridgehead atoms. The second-order valence-electron chi connectivity index (χ2n) is 4.35. The molecule has 0 aromatic heterocycles. The van der Waals surface area contributed by atoms with Crippen LogP contribution in [0.2, 0.25) is 0 Å². The Morgan fingerprint density at radius 1 is 1.43 bits per heavy atom. The van der Waals surface area contributed by atoms with E-state index in [1.807, 2.05) is 13.8 Å². The molecule has 0 amide bonds. The fourth-order valence-corrected chi connectivity index (χ4v) is 1.44. The molecule has 0 radical (unpaired) electrons. The normalized spacial score (nSPS) is 22.1. The minimum Gasteiger partial charge on any atom is -0.316 e. The van der Waals surface area contributed by atoms with Crippen LogP contribution in [0.15, 0.2) is 0 Å². The molecule has 1 N–H and O–H groups in total. The molecule has 1 unspecified atom stereocenters. The number of carbonyl (C=O) groups excluding carboxylic acids is 1. The van der Waals surface area contributed by atoms with E-state index in [-0.39, 0.29) is 5.92 Å². The number of rotatable bonds is 2. The number of carbonyl (C=O) groups is 1. The highest BCUT2D eigenvalue weighted by molar-refractivity contribution is 5.51. The molecule has 0 aromatic rings. The van der Waals surface area contributed by atoms with Crippen LogP contribution in [0.4, 0.5) is 0 Å². The molecule has 1 atom stereocenters. The van der Waals surface area contributed by atoms with Crippen LogP contribution in [0.5, 0.6) is 0 Å². The van der Waals surface area contributed by atoms with Gasteiger partial charge in [0.25, 0.3) is 0 Å². The van der Waals surface area contributed by atoms with E-state index < -0.39 is 0 Å². The fourth-order valence-electron chi connectivity index (χ4n) is 1.44. The molecule has 0 saturated carbocycles. The molecule has 1 heterocycles. The van der Waals surface area contributed by atoms with E-state index in [0.29, 0.717) is 0 Å². The van der Waals surface area contributed by atoms with Crippen LogP contribution in [0.3, 0.4) is 0 Å². The van der Waals surface area contributed by atoms with Crippen molar-refractivity contribution in [2.45, 2.75) is 46.5 Å². The Kier molecular flexibility index (Phi) is 8.95. The summed E-state index contributed by atoms with van der Waals surface area (Å²) in [6.07, 6.45) is 6.54. The van der Waals surface area contributed by atoms with Gasteiger partial charge < -0.3 is 10.1 Å². The van der Waals surface area contributed by atoms with Gasteiger partial charge in [-0.25, -0.2) is 0 Å². The first-order valence-corrected chi connectivity index (χ1v) is 5.86. The summed E-state index contributed by atoms with van der Waals surface area (Å²) in [5.41, 5.74) is 0. The molecular weight excluding hydrogens is 174 g/mol. The summed E-state index contributed by atoms with van der Waals surface area (Å²) >= 11 is 0. The smallest absolute Gasteiger partial charge is 0.122 e. The lowest BCUT2D eigenvalue weighted by Gasteiger charge is -2.09.